The Kier molecular flexibility index (Phi) is 6.48. The molecule has 0 amide bonds. The van der Waals surface area contributed by atoms with Gasteiger partial charge >= 0.3 is 0 Å². The van der Waals surface area contributed by atoms with Crippen LogP contribution < -0.4 is 0 Å². The first kappa shape index (κ1) is 30.2. The van der Waals surface area contributed by atoms with Crippen LogP contribution in [0.15, 0.2) is 182 Å². The van der Waals surface area contributed by atoms with Gasteiger partial charge in [-0.1, -0.05) is 146 Å². The van der Waals surface area contributed by atoms with E-state index in [1.54, 1.807) is 0 Å². The zero-order chi connectivity index (χ0) is 35.3. The van der Waals surface area contributed by atoms with Gasteiger partial charge in [0.15, 0.2) is 0 Å². The molecular weight excluding hydrogens is 689 g/mol. The summed E-state index contributed by atoms with van der Waals surface area (Å²) in [5.41, 5.74) is 12.9. The molecule has 0 aliphatic heterocycles. The van der Waals surface area contributed by atoms with E-state index in [0.717, 1.165) is 0 Å². The first-order chi connectivity index (χ1) is 26.8. The fourth-order valence-corrected chi connectivity index (χ4v) is 11.3. The van der Waals surface area contributed by atoms with Gasteiger partial charge in [0.05, 0.1) is 0 Å². The van der Waals surface area contributed by atoms with Crippen molar-refractivity contribution >= 4 is 75.2 Å². The molecular formula is C52H30S2. The Morgan fingerprint density at radius 2 is 0.648 bits per heavy atom. The topological polar surface area (TPSA) is 0 Å². The molecule has 2 heterocycles. The second-order valence-corrected chi connectivity index (χ2v) is 16.5. The molecule has 11 aromatic rings. The SMILES string of the molecule is c1ccc(-c2c3ccccc3c(-c3ccccc3-c3cc4ccccc4s3)c3cc4c(cc23)-c2cccc3cccc-4c23)c(-c2cc3ccccc3s2)c1. The van der Waals surface area contributed by atoms with Crippen molar-refractivity contribution < 1.29 is 0 Å². The van der Waals surface area contributed by atoms with Crippen molar-refractivity contribution in [2.75, 3.05) is 0 Å². The Bertz CT molecular complexity index is 3050. The average Bonchev–Trinajstić information content (AvgIpc) is 3.95. The number of thiophene rings is 2. The highest BCUT2D eigenvalue weighted by atomic mass is 32.1. The highest BCUT2D eigenvalue weighted by Crippen LogP contribution is 2.54. The van der Waals surface area contributed by atoms with Crippen LogP contribution in [0, 0.1) is 0 Å². The minimum atomic E-state index is 1.27. The molecule has 1 aliphatic carbocycles. The Morgan fingerprint density at radius 1 is 0.259 bits per heavy atom. The molecule has 0 unspecified atom stereocenters. The Morgan fingerprint density at radius 3 is 1.13 bits per heavy atom. The number of hydrogen-bond donors (Lipinski definition) is 0. The van der Waals surface area contributed by atoms with Crippen LogP contribution in [-0.4, -0.2) is 0 Å². The minimum Gasteiger partial charge on any atom is -0.135 e. The zero-order valence-corrected chi connectivity index (χ0v) is 30.8. The quantitative estimate of drug-likeness (QED) is 0.159. The van der Waals surface area contributed by atoms with Crippen LogP contribution in [0.2, 0.25) is 0 Å². The van der Waals surface area contributed by atoms with E-state index in [0.29, 0.717) is 0 Å². The molecule has 0 radical (unpaired) electrons. The maximum atomic E-state index is 2.52. The molecule has 250 valence electrons. The van der Waals surface area contributed by atoms with Gasteiger partial charge in [0, 0.05) is 19.2 Å². The summed E-state index contributed by atoms with van der Waals surface area (Å²) in [5.74, 6) is 0. The summed E-state index contributed by atoms with van der Waals surface area (Å²) >= 11 is 3.76. The van der Waals surface area contributed by atoms with Gasteiger partial charge in [-0.2, -0.15) is 0 Å². The lowest BCUT2D eigenvalue weighted by atomic mass is 9.82. The minimum absolute atomic E-state index is 1.27. The van der Waals surface area contributed by atoms with Gasteiger partial charge in [-0.15, -0.1) is 22.7 Å². The molecule has 0 bridgehead atoms. The van der Waals surface area contributed by atoms with Gasteiger partial charge in [-0.05, 0) is 135 Å². The van der Waals surface area contributed by atoms with Crippen LogP contribution in [-0.2, 0) is 0 Å². The highest BCUT2D eigenvalue weighted by Gasteiger charge is 2.27. The van der Waals surface area contributed by atoms with E-state index in [-0.39, 0.29) is 0 Å². The largest absolute Gasteiger partial charge is 0.135 e. The second kappa shape index (κ2) is 11.6. The summed E-state index contributed by atoms with van der Waals surface area (Å²) < 4.78 is 2.63. The van der Waals surface area contributed by atoms with Crippen LogP contribution in [0.25, 0.3) is 118 Å². The maximum Gasteiger partial charge on any atom is 0.0361 e. The van der Waals surface area contributed by atoms with E-state index in [1.165, 1.54) is 118 Å². The molecule has 9 aromatic carbocycles. The molecule has 2 aromatic heterocycles. The summed E-state index contributed by atoms with van der Waals surface area (Å²) in [6.07, 6.45) is 0. The van der Waals surface area contributed by atoms with Crippen molar-refractivity contribution in [2.24, 2.45) is 0 Å². The van der Waals surface area contributed by atoms with Crippen LogP contribution in [0.3, 0.4) is 0 Å². The monoisotopic (exact) mass is 718 g/mol. The van der Waals surface area contributed by atoms with Crippen molar-refractivity contribution in [3.8, 4) is 65.4 Å². The van der Waals surface area contributed by atoms with E-state index >= 15 is 0 Å². The molecule has 54 heavy (non-hydrogen) atoms. The highest BCUT2D eigenvalue weighted by molar-refractivity contribution is 7.22. The average molecular weight is 719 g/mol. The standard InChI is InChI=1S/C52H30S2/c1-9-25-46-32(13-1)27-48(53-46)34-17-3-5-19-36(34)51-38-21-7-8-22-39(38)52(37-20-6-4-18-35(37)49-28-33-14-2-10-26-47(33)54-49)45-30-43-41-24-12-16-31-15-11-23-40(50(31)41)42(43)29-44(45)51/h1-30H. The van der Waals surface area contributed by atoms with Crippen LogP contribution in [0.1, 0.15) is 0 Å². The van der Waals surface area contributed by atoms with Crippen molar-refractivity contribution in [3.63, 3.8) is 0 Å². The molecule has 12 rings (SSSR count). The Balaban J connectivity index is 1.23. The lowest BCUT2D eigenvalue weighted by Crippen LogP contribution is -1.94. The molecule has 0 spiro atoms. The molecule has 0 fully saturated rings. The third-order valence-corrected chi connectivity index (χ3v) is 13.7. The van der Waals surface area contributed by atoms with E-state index in [2.05, 4.69) is 182 Å². The second-order valence-electron chi connectivity index (χ2n) is 14.3. The fourth-order valence-electron chi connectivity index (χ4n) is 9.10. The van der Waals surface area contributed by atoms with Gasteiger partial charge in [0.25, 0.3) is 0 Å². The van der Waals surface area contributed by atoms with E-state index in [1.807, 2.05) is 22.7 Å². The first-order valence-electron chi connectivity index (χ1n) is 18.5. The predicted molar refractivity (Wildman–Crippen MR) is 236 cm³/mol. The Labute approximate surface area is 320 Å². The van der Waals surface area contributed by atoms with Crippen LogP contribution in [0.5, 0.6) is 0 Å². The summed E-state index contributed by atoms with van der Waals surface area (Å²) in [6.45, 7) is 0. The maximum absolute atomic E-state index is 2.52. The lowest BCUT2D eigenvalue weighted by molar-refractivity contribution is 1.64. The van der Waals surface area contributed by atoms with E-state index in [9.17, 15) is 0 Å². The Hall–Kier alpha value is -6.32. The molecule has 0 N–H and O–H groups in total. The molecule has 0 atom stereocenters. The number of benzene rings is 9. The molecule has 0 saturated heterocycles. The number of fused-ring (bicyclic) bond motifs is 7. The fraction of sp³-hybridized carbons (Fsp3) is 0. The van der Waals surface area contributed by atoms with Gasteiger partial charge < -0.3 is 0 Å². The summed E-state index contributed by atoms with van der Waals surface area (Å²) in [6, 6.07) is 68.1. The third-order valence-electron chi connectivity index (χ3n) is 11.4. The lowest BCUT2D eigenvalue weighted by Gasteiger charge is -2.21. The summed E-state index contributed by atoms with van der Waals surface area (Å²) in [7, 11) is 0. The summed E-state index contributed by atoms with van der Waals surface area (Å²) in [5, 5.41) is 10.3. The molecule has 2 heteroatoms. The molecule has 1 aliphatic rings. The van der Waals surface area contributed by atoms with Crippen molar-refractivity contribution in [2.45, 2.75) is 0 Å². The first-order valence-corrected chi connectivity index (χ1v) is 20.1. The number of rotatable bonds is 4. The van der Waals surface area contributed by atoms with Crippen LogP contribution >= 0.6 is 22.7 Å². The van der Waals surface area contributed by atoms with Crippen LogP contribution in [0.4, 0.5) is 0 Å². The summed E-state index contributed by atoms with van der Waals surface area (Å²) in [4.78, 5) is 2.59. The molecule has 0 saturated carbocycles. The van der Waals surface area contributed by atoms with Crippen molar-refractivity contribution in [1.82, 2.24) is 0 Å². The predicted octanol–water partition coefficient (Wildman–Crippen LogP) is 15.9. The van der Waals surface area contributed by atoms with Crippen molar-refractivity contribution in [1.29, 1.82) is 0 Å². The van der Waals surface area contributed by atoms with E-state index in [4.69, 9.17) is 0 Å². The smallest absolute Gasteiger partial charge is 0.0361 e. The normalized spacial score (nSPS) is 12.1. The third kappa shape index (κ3) is 4.36. The zero-order valence-electron chi connectivity index (χ0n) is 29.1. The van der Waals surface area contributed by atoms with Gasteiger partial charge in [0.2, 0.25) is 0 Å². The van der Waals surface area contributed by atoms with E-state index < -0.39 is 0 Å². The van der Waals surface area contributed by atoms with Gasteiger partial charge in [0.1, 0.15) is 0 Å². The number of hydrogen-bond acceptors (Lipinski definition) is 2. The van der Waals surface area contributed by atoms with Gasteiger partial charge in [-0.25, -0.2) is 0 Å². The molecule has 0 nitrogen and oxygen atoms in total. The van der Waals surface area contributed by atoms with Crippen molar-refractivity contribution in [3.05, 3.63) is 182 Å². The van der Waals surface area contributed by atoms with Gasteiger partial charge in [-0.3, -0.25) is 0 Å².